The Morgan fingerprint density at radius 2 is 1.80 bits per heavy atom. The molecule has 156 valence electrons. The summed E-state index contributed by atoms with van der Waals surface area (Å²) in [5, 5.41) is 8.62. The number of aromatic nitrogens is 2. The molecule has 4 rings (SSSR count). The molecule has 2 heterocycles. The van der Waals surface area contributed by atoms with E-state index in [4.69, 9.17) is 9.47 Å². The Hall–Kier alpha value is -2.98. The van der Waals surface area contributed by atoms with E-state index in [1.54, 1.807) is 18.2 Å². The molecule has 8 nitrogen and oxygen atoms in total. The van der Waals surface area contributed by atoms with Crippen LogP contribution in [0.15, 0.2) is 23.6 Å². The van der Waals surface area contributed by atoms with Gasteiger partial charge in [0, 0.05) is 21.9 Å². The van der Waals surface area contributed by atoms with Crippen LogP contribution in [0, 0.1) is 6.92 Å². The second kappa shape index (κ2) is 8.41. The molecule has 0 saturated heterocycles. The predicted octanol–water partition coefficient (Wildman–Crippen LogP) is 3.85. The van der Waals surface area contributed by atoms with Gasteiger partial charge in [0.25, 0.3) is 5.91 Å². The molecule has 0 aliphatic heterocycles. The first-order valence-corrected chi connectivity index (χ1v) is 10.9. The molecule has 2 N–H and O–H groups in total. The van der Waals surface area contributed by atoms with Crippen molar-refractivity contribution in [1.82, 2.24) is 9.97 Å². The van der Waals surface area contributed by atoms with Crippen LogP contribution in [0.1, 0.15) is 39.0 Å². The van der Waals surface area contributed by atoms with Gasteiger partial charge in [-0.15, -0.1) is 22.7 Å². The molecule has 0 saturated carbocycles. The molecule has 0 bridgehead atoms. The van der Waals surface area contributed by atoms with Gasteiger partial charge in [0.05, 0.1) is 31.5 Å². The van der Waals surface area contributed by atoms with E-state index >= 15 is 0 Å². The molecule has 1 aliphatic rings. The number of fused-ring (bicyclic) bond motifs is 1. The third-order valence-corrected chi connectivity index (χ3v) is 6.64. The highest BCUT2D eigenvalue weighted by Gasteiger charge is 2.33. The summed E-state index contributed by atoms with van der Waals surface area (Å²) in [4.78, 5) is 35.2. The highest BCUT2D eigenvalue weighted by Crippen LogP contribution is 2.39. The number of rotatable bonds is 6. The smallest absolute Gasteiger partial charge is 0.257 e. The number of benzene rings is 1. The van der Waals surface area contributed by atoms with Crippen molar-refractivity contribution in [2.24, 2.45) is 0 Å². The van der Waals surface area contributed by atoms with Crippen molar-refractivity contribution >= 4 is 44.8 Å². The first-order valence-electron chi connectivity index (χ1n) is 9.24. The van der Waals surface area contributed by atoms with Gasteiger partial charge in [-0.3, -0.25) is 14.9 Å². The van der Waals surface area contributed by atoms with Gasteiger partial charge in [-0.05, 0) is 31.9 Å². The topological polar surface area (TPSA) is 102 Å². The Morgan fingerprint density at radius 1 is 1.07 bits per heavy atom. The number of thiazole rings is 2. The first kappa shape index (κ1) is 20.3. The summed E-state index contributed by atoms with van der Waals surface area (Å²) in [5.74, 6) is 0.260. The monoisotopic (exact) mass is 444 g/mol. The normalized spacial score (nSPS) is 14.8. The molecule has 0 spiro atoms. The second-order valence-electron chi connectivity index (χ2n) is 6.76. The van der Waals surface area contributed by atoms with Crippen molar-refractivity contribution in [3.05, 3.63) is 45.4 Å². The third-order valence-electron chi connectivity index (χ3n) is 4.72. The quantitative estimate of drug-likeness (QED) is 0.599. The number of ether oxygens (including phenoxy) is 2. The summed E-state index contributed by atoms with van der Waals surface area (Å²) in [5.41, 5.74) is 1.99. The molecule has 30 heavy (non-hydrogen) atoms. The van der Waals surface area contributed by atoms with Crippen LogP contribution in [0.5, 0.6) is 11.5 Å². The van der Waals surface area contributed by atoms with Crippen molar-refractivity contribution in [2.45, 2.75) is 25.7 Å². The Morgan fingerprint density at radius 3 is 2.43 bits per heavy atom. The fraction of sp³-hybridized carbons (Fsp3) is 0.300. The number of methoxy groups -OCH3 is 2. The van der Waals surface area contributed by atoms with E-state index in [1.807, 2.05) is 12.3 Å². The highest BCUT2D eigenvalue weighted by molar-refractivity contribution is 7.16. The van der Waals surface area contributed by atoms with Gasteiger partial charge in [0.15, 0.2) is 10.3 Å². The SMILES string of the molecule is COc1cc(OC)cc(C(=O)Nc2nc3c(s2)CCC3C(=O)Nc2nc(C)cs2)c1. The van der Waals surface area contributed by atoms with Crippen molar-refractivity contribution in [3.8, 4) is 11.5 Å². The summed E-state index contributed by atoms with van der Waals surface area (Å²) in [6, 6.07) is 4.96. The van der Waals surface area contributed by atoms with Gasteiger partial charge in [0.2, 0.25) is 5.91 Å². The standard InChI is InChI=1S/C20H20N4O4S2/c1-10-9-29-19(21-10)24-18(26)14-4-5-15-16(14)22-20(30-15)23-17(25)11-6-12(27-2)8-13(7-11)28-3/h6-9,14H,4-5H2,1-3H3,(H,21,24,26)(H,22,23,25). The van der Waals surface area contributed by atoms with Crippen LogP contribution >= 0.6 is 22.7 Å². The van der Waals surface area contributed by atoms with Crippen molar-refractivity contribution in [3.63, 3.8) is 0 Å². The van der Waals surface area contributed by atoms with Crippen LogP contribution in [0.25, 0.3) is 0 Å². The third kappa shape index (κ3) is 4.14. The van der Waals surface area contributed by atoms with E-state index in [1.165, 1.54) is 36.9 Å². The zero-order valence-corrected chi connectivity index (χ0v) is 18.3. The number of hydrogen-bond donors (Lipinski definition) is 2. The number of carbonyl (C=O) groups excluding carboxylic acids is 2. The van der Waals surface area contributed by atoms with Gasteiger partial charge in [-0.2, -0.15) is 0 Å². The maximum absolute atomic E-state index is 12.7. The Balaban J connectivity index is 1.48. The molecule has 0 fully saturated rings. The number of carbonyl (C=O) groups is 2. The van der Waals surface area contributed by atoms with E-state index in [0.717, 1.165) is 22.7 Å². The molecular formula is C20H20N4O4S2. The molecule has 10 heteroatoms. The zero-order chi connectivity index (χ0) is 21.3. The minimum Gasteiger partial charge on any atom is -0.497 e. The van der Waals surface area contributed by atoms with Gasteiger partial charge in [-0.1, -0.05) is 0 Å². The van der Waals surface area contributed by atoms with Crippen molar-refractivity contribution in [1.29, 1.82) is 0 Å². The molecule has 2 amide bonds. The Bertz CT molecular complexity index is 1090. The Labute approximate surface area is 181 Å². The maximum Gasteiger partial charge on any atom is 0.257 e. The van der Waals surface area contributed by atoms with E-state index in [-0.39, 0.29) is 17.7 Å². The van der Waals surface area contributed by atoms with Crippen LogP contribution in [0.4, 0.5) is 10.3 Å². The number of nitrogens with one attached hydrogen (secondary N) is 2. The van der Waals surface area contributed by atoms with Gasteiger partial charge < -0.3 is 14.8 Å². The molecule has 0 radical (unpaired) electrons. The summed E-state index contributed by atoms with van der Waals surface area (Å²) < 4.78 is 10.4. The lowest BCUT2D eigenvalue weighted by Crippen LogP contribution is -2.20. The molecule has 1 unspecified atom stereocenters. The minimum absolute atomic E-state index is 0.121. The van der Waals surface area contributed by atoms with Crippen LogP contribution < -0.4 is 20.1 Å². The zero-order valence-electron chi connectivity index (χ0n) is 16.6. The van der Waals surface area contributed by atoms with Gasteiger partial charge in [-0.25, -0.2) is 9.97 Å². The van der Waals surface area contributed by atoms with Crippen LogP contribution in [0.2, 0.25) is 0 Å². The summed E-state index contributed by atoms with van der Waals surface area (Å²) in [6.45, 7) is 1.88. The average molecular weight is 445 g/mol. The van der Waals surface area contributed by atoms with E-state index in [9.17, 15) is 9.59 Å². The molecule has 1 aromatic carbocycles. The second-order valence-corrected chi connectivity index (χ2v) is 8.70. The summed E-state index contributed by atoms with van der Waals surface area (Å²) in [7, 11) is 3.06. The van der Waals surface area contributed by atoms with Crippen LogP contribution in [-0.2, 0) is 11.2 Å². The lowest BCUT2D eigenvalue weighted by molar-refractivity contribution is -0.117. The number of hydrogen-bond acceptors (Lipinski definition) is 8. The fourth-order valence-corrected chi connectivity index (χ4v) is 4.97. The van der Waals surface area contributed by atoms with Crippen molar-refractivity contribution in [2.75, 3.05) is 24.9 Å². The summed E-state index contributed by atoms with van der Waals surface area (Å²) >= 11 is 2.79. The molecule has 3 aromatic rings. The highest BCUT2D eigenvalue weighted by atomic mass is 32.1. The van der Waals surface area contributed by atoms with Crippen LogP contribution in [0.3, 0.4) is 0 Å². The van der Waals surface area contributed by atoms with E-state index in [0.29, 0.717) is 33.7 Å². The number of nitrogens with zero attached hydrogens (tertiary/aromatic N) is 2. The lowest BCUT2D eigenvalue weighted by Gasteiger charge is -2.09. The van der Waals surface area contributed by atoms with Crippen molar-refractivity contribution < 1.29 is 19.1 Å². The largest absolute Gasteiger partial charge is 0.497 e. The summed E-state index contributed by atoms with van der Waals surface area (Å²) in [6.07, 6.45) is 1.45. The minimum atomic E-state index is -0.344. The molecule has 1 atom stereocenters. The maximum atomic E-state index is 12.7. The average Bonchev–Trinajstić information content (AvgIpc) is 3.43. The molecular weight excluding hydrogens is 424 g/mol. The lowest BCUT2D eigenvalue weighted by atomic mass is 10.1. The van der Waals surface area contributed by atoms with Gasteiger partial charge >= 0.3 is 0 Å². The number of anilines is 2. The van der Waals surface area contributed by atoms with E-state index < -0.39 is 0 Å². The number of amides is 2. The number of aryl methyl sites for hydroxylation is 2. The Kier molecular flexibility index (Phi) is 5.69. The molecule has 1 aliphatic carbocycles. The first-order chi connectivity index (χ1) is 14.5. The fourth-order valence-electron chi connectivity index (χ4n) is 3.25. The molecule has 2 aromatic heterocycles. The van der Waals surface area contributed by atoms with E-state index in [2.05, 4.69) is 20.6 Å². The van der Waals surface area contributed by atoms with Gasteiger partial charge in [0.1, 0.15) is 11.5 Å². The predicted molar refractivity (Wildman–Crippen MR) is 116 cm³/mol. The van der Waals surface area contributed by atoms with Crippen LogP contribution in [-0.4, -0.2) is 36.0 Å².